The molecule has 1 aliphatic heterocycles. The van der Waals surface area contributed by atoms with Gasteiger partial charge in [-0.1, -0.05) is 13.8 Å². The van der Waals surface area contributed by atoms with Crippen molar-refractivity contribution in [1.29, 1.82) is 0 Å². The Balaban J connectivity index is 2.27. The van der Waals surface area contributed by atoms with Crippen molar-refractivity contribution in [1.82, 2.24) is 5.32 Å². The van der Waals surface area contributed by atoms with E-state index in [1.807, 2.05) is 13.8 Å². The molecule has 1 saturated heterocycles. The molecule has 2 unspecified atom stereocenters. The molecule has 1 amide bonds. The first-order valence-corrected chi connectivity index (χ1v) is 5.06. The molecule has 82 valence electrons. The lowest BCUT2D eigenvalue weighted by Crippen LogP contribution is -2.50. The van der Waals surface area contributed by atoms with Crippen molar-refractivity contribution in [2.75, 3.05) is 19.8 Å². The molecule has 1 aliphatic rings. The van der Waals surface area contributed by atoms with Crippen molar-refractivity contribution in [3.63, 3.8) is 0 Å². The minimum Gasteiger partial charge on any atom is -0.380 e. The SMILES string of the molecule is CC(N)C(C)C(=O)NCC1(C)COC1. The third kappa shape index (κ3) is 2.69. The van der Waals surface area contributed by atoms with Crippen molar-refractivity contribution in [2.45, 2.75) is 26.8 Å². The monoisotopic (exact) mass is 200 g/mol. The van der Waals surface area contributed by atoms with Gasteiger partial charge in [0.25, 0.3) is 0 Å². The lowest BCUT2D eigenvalue weighted by molar-refractivity contribution is -0.130. The van der Waals surface area contributed by atoms with Crippen LogP contribution in [0.15, 0.2) is 0 Å². The number of hydrogen-bond acceptors (Lipinski definition) is 3. The van der Waals surface area contributed by atoms with E-state index in [0.717, 1.165) is 13.2 Å². The molecule has 0 aliphatic carbocycles. The molecule has 0 spiro atoms. The molecule has 0 aromatic rings. The molecule has 1 heterocycles. The van der Waals surface area contributed by atoms with Gasteiger partial charge in [0.1, 0.15) is 0 Å². The van der Waals surface area contributed by atoms with Gasteiger partial charge in [0, 0.05) is 23.9 Å². The standard InChI is InChI=1S/C10H20N2O2/c1-7(8(2)11)9(13)12-4-10(3)5-14-6-10/h7-8H,4-6,11H2,1-3H3,(H,12,13). The lowest BCUT2D eigenvalue weighted by Gasteiger charge is -2.38. The van der Waals surface area contributed by atoms with Gasteiger partial charge >= 0.3 is 0 Å². The Bertz CT molecular complexity index is 212. The van der Waals surface area contributed by atoms with E-state index >= 15 is 0 Å². The molecule has 0 saturated carbocycles. The smallest absolute Gasteiger partial charge is 0.224 e. The number of nitrogens with two attached hydrogens (primary N) is 1. The quantitative estimate of drug-likeness (QED) is 0.677. The predicted octanol–water partition coefficient (Wildman–Crippen LogP) is 0.122. The van der Waals surface area contributed by atoms with E-state index < -0.39 is 0 Å². The Hall–Kier alpha value is -0.610. The van der Waals surface area contributed by atoms with Crippen LogP contribution in [0.4, 0.5) is 0 Å². The second-order valence-corrected chi connectivity index (χ2v) is 4.67. The molecule has 1 fully saturated rings. The van der Waals surface area contributed by atoms with Gasteiger partial charge in [0.05, 0.1) is 13.2 Å². The first kappa shape index (κ1) is 11.5. The van der Waals surface area contributed by atoms with Crippen LogP contribution >= 0.6 is 0 Å². The molecule has 4 heteroatoms. The topological polar surface area (TPSA) is 64.4 Å². The third-order valence-corrected chi connectivity index (χ3v) is 2.79. The fraction of sp³-hybridized carbons (Fsp3) is 0.900. The van der Waals surface area contributed by atoms with Crippen LogP contribution in [0.25, 0.3) is 0 Å². The Kier molecular flexibility index (Phi) is 3.50. The van der Waals surface area contributed by atoms with Gasteiger partial charge in [-0.2, -0.15) is 0 Å². The van der Waals surface area contributed by atoms with E-state index in [1.54, 1.807) is 0 Å². The van der Waals surface area contributed by atoms with Crippen molar-refractivity contribution in [2.24, 2.45) is 17.1 Å². The van der Waals surface area contributed by atoms with Crippen LogP contribution in [0, 0.1) is 11.3 Å². The molecular formula is C10H20N2O2. The van der Waals surface area contributed by atoms with Crippen LogP contribution in [0.2, 0.25) is 0 Å². The maximum Gasteiger partial charge on any atom is 0.224 e. The Morgan fingerprint density at radius 3 is 2.50 bits per heavy atom. The van der Waals surface area contributed by atoms with Crippen LogP contribution in [0.3, 0.4) is 0 Å². The highest BCUT2D eigenvalue weighted by atomic mass is 16.5. The number of carbonyl (C=O) groups is 1. The minimum absolute atomic E-state index is 0.0353. The van der Waals surface area contributed by atoms with Gasteiger partial charge < -0.3 is 15.8 Å². The minimum atomic E-state index is -0.125. The molecule has 4 nitrogen and oxygen atoms in total. The van der Waals surface area contributed by atoms with E-state index in [1.165, 1.54) is 0 Å². The summed E-state index contributed by atoms with van der Waals surface area (Å²) < 4.78 is 5.10. The summed E-state index contributed by atoms with van der Waals surface area (Å²) in [6.45, 7) is 7.95. The number of amides is 1. The Morgan fingerprint density at radius 1 is 1.57 bits per heavy atom. The van der Waals surface area contributed by atoms with Crippen molar-refractivity contribution >= 4 is 5.91 Å². The van der Waals surface area contributed by atoms with Crippen LogP contribution in [-0.4, -0.2) is 31.7 Å². The summed E-state index contributed by atoms with van der Waals surface area (Å²) in [6.07, 6.45) is 0. The van der Waals surface area contributed by atoms with Crippen molar-refractivity contribution < 1.29 is 9.53 Å². The number of carbonyl (C=O) groups excluding carboxylic acids is 1. The number of ether oxygens (including phenoxy) is 1. The molecule has 0 aromatic carbocycles. The van der Waals surface area contributed by atoms with Gasteiger partial charge in [-0.15, -0.1) is 0 Å². The molecule has 3 N–H and O–H groups in total. The largest absolute Gasteiger partial charge is 0.380 e. The van der Waals surface area contributed by atoms with E-state index in [0.29, 0.717) is 6.54 Å². The highest BCUT2D eigenvalue weighted by molar-refractivity contribution is 5.78. The maximum atomic E-state index is 11.5. The van der Waals surface area contributed by atoms with Crippen LogP contribution in [-0.2, 0) is 9.53 Å². The zero-order valence-electron chi connectivity index (χ0n) is 9.17. The molecule has 0 aromatic heterocycles. The van der Waals surface area contributed by atoms with Gasteiger partial charge in [-0.25, -0.2) is 0 Å². The molecule has 2 atom stereocenters. The Labute approximate surface area is 85.2 Å². The Morgan fingerprint density at radius 2 is 2.14 bits per heavy atom. The maximum absolute atomic E-state index is 11.5. The molecule has 0 bridgehead atoms. The fourth-order valence-corrected chi connectivity index (χ4v) is 1.25. The van der Waals surface area contributed by atoms with Crippen LogP contribution in [0.5, 0.6) is 0 Å². The van der Waals surface area contributed by atoms with Crippen LogP contribution in [0.1, 0.15) is 20.8 Å². The van der Waals surface area contributed by atoms with Gasteiger partial charge in [0.2, 0.25) is 5.91 Å². The second kappa shape index (κ2) is 4.28. The zero-order chi connectivity index (χ0) is 10.8. The molecule has 1 rings (SSSR count). The van der Waals surface area contributed by atoms with Gasteiger partial charge in [-0.3, -0.25) is 4.79 Å². The molecule has 0 radical (unpaired) electrons. The number of rotatable bonds is 4. The van der Waals surface area contributed by atoms with Crippen LogP contribution < -0.4 is 11.1 Å². The van der Waals surface area contributed by atoms with E-state index in [2.05, 4.69) is 12.2 Å². The van der Waals surface area contributed by atoms with Gasteiger partial charge in [-0.05, 0) is 6.92 Å². The number of nitrogens with one attached hydrogen (secondary N) is 1. The van der Waals surface area contributed by atoms with Gasteiger partial charge in [0.15, 0.2) is 0 Å². The average Bonchev–Trinajstić information content (AvgIpc) is 2.09. The summed E-state index contributed by atoms with van der Waals surface area (Å²) in [5.74, 6) is -0.0901. The summed E-state index contributed by atoms with van der Waals surface area (Å²) >= 11 is 0. The zero-order valence-corrected chi connectivity index (χ0v) is 9.17. The average molecular weight is 200 g/mol. The van der Waals surface area contributed by atoms with Crippen molar-refractivity contribution in [3.8, 4) is 0 Å². The lowest BCUT2D eigenvalue weighted by atomic mass is 9.88. The molecule has 14 heavy (non-hydrogen) atoms. The second-order valence-electron chi connectivity index (χ2n) is 4.67. The van der Waals surface area contributed by atoms with Crippen molar-refractivity contribution in [3.05, 3.63) is 0 Å². The summed E-state index contributed by atoms with van der Waals surface area (Å²) in [5, 5.41) is 2.91. The summed E-state index contributed by atoms with van der Waals surface area (Å²) in [6, 6.07) is -0.0968. The first-order chi connectivity index (χ1) is 6.44. The molecular weight excluding hydrogens is 180 g/mol. The predicted molar refractivity (Wildman–Crippen MR) is 54.7 cm³/mol. The fourth-order valence-electron chi connectivity index (χ4n) is 1.25. The normalized spacial score (nSPS) is 23.4. The number of hydrogen-bond donors (Lipinski definition) is 2. The van der Waals surface area contributed by atoms with E-state index in [4.69, 9.17) is 10.5 Å². The van der Waals surface area contributed by atoms with E-state index in [-0.39, 0.29) is 23.3 Å². The summed E-state index contributed by atoms with van der Waals surface area (Å²) in [5.41, 5.74) is 5.77. The highest BCUT2D eigenvalue weighted by Crippen LogP contribution is 2.25. The third-order valence-electron chi connectivity index (χ3n) is 2.79. The highest BCUT2D eigenvalue weighted by Gasteiger charge is 2.34. The summed E-state index contributed by atoms with van der Waals surface area (Å²) in [4.78, 5) is 11.5. The first-order valence-electron chi connectivity index (χ1n) is 5.06. The van der Waals surface area contributed by atoms with E-state index in [9.17, 15) is 4.79 Å². The summed E-state index contributed by atoms with van der Waals surface area (Å²) in [7, 11) is 0.